The van der Waals surface area contributed by atoms with E-state index in [1.807, 2.05) is 24.3 Å². The van der Waals surface area contributed by atoms with Gasteiger partial charge in [0.15, 0.2) is 0 Å². The van der Waals surface area contributed by atoms with Gasteiger partial charge in [0.25, 0.3) is 0 Å². The van der Waals surface area contributed by atoms with Gasteiger partial charge >= 0.3 is 0 Å². The van der Waals surface area contributed by atoms with Crippen molar-refractivity contribution in [2.24, 2.45) is 11.7 Å². The number of hydrogen-bond donors (Lipinski definition) is 2. The SMILES string of the molecule is CC(O)c1ccccc1N1CC(CN)CC1=O. The van der Waals surface area contributed by atoms with Gasteiger partial charge in [0.2, 0.25) is 5.91 Å². The Bertz CT molecular complexity index is 418. The van der Waals surface area contributed by atoms with Gasteiger partial charge in [-0.15, -0.1) is 0 Å². The number of anilines is 1. The minimum Gasteiger partial charge on any atom is -0.389 e. The van der Waals surface area contributed by atoms with E-state index in [-0.39, 0.29) is 11.8 Å². The predicted molar refractivity (Wildman–Crippen MR) is 66.6 cm³/mol. The normalized spacial score (nSPS) is 21.9. The van der Waals surface area contributed by atoms with Crippen molar-refractivity contribution in [1.29, 1.82) is 0 Å². The maximum absolute atomic E-state index is 11.9. The number of para-hydroxylation sites is 1. The summed E-state index contributed by atoms with van der Waals surface area (Å²) in [7, 11) is 0. The van der Waals surface area contributed by atoms with Gasteiger partial charge in [-0.1, -0.05) is 18.2 Å². The molecule has 3 N–H and O–H groups in total. The first-order chi connectivity index (χ1) is 8.13. The Kier molecular flexibility index (Phi) is 3.45. The first kappa shape index (κ1) is 12.1. The molecule has 2 rings (SSSR count). The zero-order valence-electron chi connectivity index (χ0n) is 9.97. The Morgan fingerprint density at radius 2 is 2.24 bits per heavy atom. The molecule has 0 saturated carbocycles. The van der Waals surface area contributed by atoms with Crippen LogP contribution in [0.1, 0.15) is 25.0 Å². The van der Waals surface area contributed by atoms with Crippen LogP contribution in [-0.4, -0.2) is 24.1 Å². The molecule has 1 amide bonds. The molecule has 2 unspecified atom stereocenters. The maximum Gasteiger partial charge on any atom is 0.227 e. The zero-order valence-corrected chi connectivity index (χ0v) is 9.97. The highest BCUT2D eigenvalue weighted by molar-refractivity contribution is 5.96. The van der Waals surface area contributed by atoms with Gasteiger partial charge in [0, 0.05) is 24.2 Å². The molecule has 17 heavy (non-hydrogen) atoms. The molecular weight excluding hydrogens is 216 g/mol. The molecule has 1 aromatic carbocycles. The molecule has 1 saturated heterocycles. The predicted octanol–water partition coefficient (Wildman–Crippen LogP) is 1.05. The molecule has 2 atom stereocenters. The smallest absolute Gasteiger partial charge is 0.227 e. The maximum atomic E-state index is 11.9. The van der Waals surface area contributed by atoms with Crippen molar-refractivity contribution < 1.29 is 9.90 Å². The van der Waals surface area contributed by atoms with E-state index in [1.165, 1.54) is 0 Å². The van der Waals surface area contributed by atoms with Crippen LogP contribution in [0.5, 0.6) is 0 Å². The number of nitrogens with zero attached hydrogens (tertiary/aromatic N) is 1. The minimum atomic E-state index is -0.573. The summed E-state index contributed by atoms with van der Waals surface area (Å²) in [6.45, 7) is 2.89. The first-order valence-electron chi connectivity index (χ1n) is 5.91. The Morgan fingerprint density at radius 3 is 2.82 bits per heavy atom. The average Bonchev–Trinajstić information content (AvgIpc) is 2.70. The van der Waals surface area contributed by atoms with Crippen LogP contribution in [0.25, 0.3) is 0 Å². The van der Waals surface area contributed by atoms with Gasteiger partial charge in [-0.05, 0) is 25.5 Å². The number of carbonyl (C=O) groups is 1. The second-order valence-corrected chi connectivity index (χ2v) is 4.54. The van der Waals surface area contributed by atoms with Gasteiger partial charge < -0.3 is 15.7 Å². The van der Waals surface area contributed by atoms with Gasteiger partial charge in [-0.3, -0.25) is 4.79 Å². The van der Waals surface area contributed by atoms with E-state index in [0.717, 1.165) is 11.3 Å². The monoisotopic (exact) mass is 234 g/mol. The van der Waals surface area contributed by atoms with Crippen molar-refractivity contribution >= 4 is 11.6 Å². The van der Waals surface area contributed by atoms with E-state index in [9.17, 15) is 9.90 Å². The summed E-state index contributed by atoms with van der Waals surface area (Å²) in [6, 6.07) is 7.47. The third-order valence-electron chi connectivity index (χ3n) is 3.22. The fourth-order valence-electron chi connectivity index (χ4n) is 2.26. The molecular formula is C13H18N2O2. The number of aliphatic hydroxyl groups excluding tert-OH is 1. The van der Waals surface area contributed by atoms with Crippen LogP contribution in [0.4, 0.5) is 5.69 Å². The highest BCUT2D eigenvalue weighted by Gasteiger charge is 2.31. The van der Waals surface area contributed by atoms with Crippen molar-refractivity contribution in [3.05, 3.63) is 29.8 Å². The Balaban J connectivity index is 2.31. The van der Waals surface area contributed by atoms with E-state index < -0.39 is 6.10 Å². The van der Waals surface area contributed by atoms with Crippen molar-refractivity contribution in [3.63, 3.8) is 0 Å². The summed E-state index contributed by atoms with van der Waals surface area (Å²) in [4.78, 5) is 13.6. The van der Waals surface area contributed by atoms with E-state index in [2.05, 4.69) is 0 Å². The van der Waals surface area contributed by atoms with Crippen molar-refractivity contribution in [3.8, 4) is 0 Å². The number of carbonyl (C=O) groups excluding carboxylic acids is 1. The lowest BCUT2D eigenvalue weighted by Gasteiger charge is -2.21. The largest absolute Gasteiger partial charge is 0.389 e. The van der Waals surface area contributed by atoms with Gasteiger partial charge in [-0.2, -0.15) is 0 Å². The van der Waals surface area contributed by atoms with E-state index in [1.54, 1.807) is 11.8 Å². The number of rotatable bonds is 3. The molecule has 1 aromatic rings. The second-order valence-electron chi connectivity index (χ2n) is 4.54. The van der Waals surface area contributed by atoms with Crippen LogP contribution in [0, 0.1) is 5.92 Å². The Morgan fingerprint density at radius 1 is 1.53 bits per heavy atom. The van der Waals surface area contributed by atoms with Crippen LogP contribution >= 0.6 is 0 Å². The fraction of sp³-hybridized carbons (Fsp3) is 0.462. The lowest BCUT2D eigenvalue weighted by atomic mass is 10.1. The highest BCUT2D eigenvalue weighted by Crippen LogP contribution is 2.30. The fourth-order valence-corrected chi connectivity index (χ4v) is 2.26. The Labute approximate surface area is 101 Å². The second kappa shape index (κ2) is 4.85. The molecule has 0 spiro atoms. The van der Waals surface area contributed by atoms with Crippen molar-refractivity contribution in [2.75, 3.05) is 18.0 Å². The molecule has 1 fully saturated rings. The molecule has 1 heterocycles. The minimum absolute atomic E-state index is 0.0913. The van der Waals surface area contributed by atoms with Crippen LogP contribution in [-0.2, 0) is 4.79 Å². The zero-order chi connectivity index (χ0) is 12.4. The summed E-state index contributed by atoms with van der Waals surface area (Å²) in [6.07, 6.45) is -0.0686. The molecule has 1 aliphatic heterocycles. The van der Waals surface area contributed by atoms with E-state index >= 15 is 0 Å². The summed E-state index contributed by atoms with van der Waals surface area (Å²) in [5.41, 5.74) is 7.20. The summed E-state index contributed by atoms with van der Waals surface area (Å²) >= 11 is 0. The third-order valence-corrected chi connectivity index (χ3v) is 3.22. The van der Waals surface area contributed by atoms with Crippen LogP contribution in [0.2, 0.25) is 0 Å². The van der Waals surface area contributed by atoms with Gasteiger partial charge in [0.1, 0.15) is 0 Å². The first-order valence-corrected chi connectivity index (χ1v) is 5.91. The van der Waals surface area contributed by atoms with E-state index in [4.69, 9.17) is 5.73 Å². The lowest BCUT2D eigenvalue weighted by Crippen LogP contribution is -2.27. The molecule has 92 valence electrons. The molecule has 4 heteroatoms. The molecule has 0 aliphatic carbocycles. The molecule has 0 aromatic heterocycles. The third kappa shape index (κ3) is 2.33. The van der Waals surface area contributed by atoms with Crippen LogP contribution in [0.15, 0.2) is 24.3 Å². The molecule has 4 nitrogen and oxygen atoms in total. The summed E-state index contributed by atoms with van der Waals surface area (Å²) in [5.74, 6) is 0.318. The molecule has 1 aliphatic rings. The summed E-state index contributed by atoms with van der Waals surface area (Å²) < 4.78 is 0. The average molecular weight is 234 g/mol. The molecule has 0 bridgehead atoms. The quantitative estimate of drug-likeness (QED) is 0.821. The number of aliphatic hydroxyl groups is 1. The van der Waals surface area contributed by atoms with Gasteiger partial charge in [-0.25, -0.2) is 0 Å². The lowest BCUT2D eigenvalue weighted by molar-refractivity contribution is -0.117. The molecule has 0 radical (unpaired) electrons. The highest BCUT2D eigenvalue weighted by atomic mass is 16.3. The number of hydrogen-bond acceptors (Lipinski definition) is 3. The van der Waals surface area contributed by atoms with Crippen molar-refractivity contribution in [2.45, 2.75) is 19.4 Å². The number of amides is 1. The topological polar surface area (TPSA) is 66.6 Å². The van der Waals surface area contributed by atoms with Gasteiger partial charge in [0.05, 0.1) is 6.10 Å². The number of benzene rings is 1. The van der Waals surface area contributed by atoms with Crippen LogP contribution in [0.3, 0.4) is 0 Å². The number of nitrogens with two attached hydrogens (primary N) is 1. The summed E-state index contributed by atoms with van der Waals surface area (Å²) in [5, 5.41) is 9.71. The van der Waals surface area contributed by atoms with Crippen LogP contribution < -0.4 is 10.6 Å². The van der Waals surface area contributed by atoms with E-state index in [0.29, 0.717) is 19.5 Å². The van der Waals surface area contributed by atoms with Crippen molar-refractivity contribution in [1.82, 2.24) is 0 Å². The standard InChI is InChI=1S/C13H18N2O2/c1-9(16)11-4-2-3-5-12(11)15-8-10(7-14)6-13(15)17/h2-5,9-10,16H,6-8,14H2,1H3. The Hall–Kier alpha value is -1.39.